The van der Waals surface area contributed by atoms with Gasteiger partial charge >= 0.3 is 5.97 Å². The Bertz CT molecular complexity index is 806. The van der Waals surface area contributed by atoms with Crippen LogP contribution in [0, 0.1) is 5.92 Å². The van der Waals surface area contributed by atoms with Gasteiger partial charge in [0.2, 0.25) is 0 Å². The number of ketones is 1. The predicted molar refractivity (Wildman–Crippen MR) is 99.4 cm³/mol. The van der Waals surface area contributed by atoms with Crippen LogP contribution in [0.3, 0.4) is 0 Å². The van der Waals surface area contributed by atoms with Crippen LogP contribution in [0.2, 0.25) is 0 Å². The molecule has 1 unspecified atom stereocenters. The third-order valence-electron chi connectivity index (χ3n) is 4.91. The van der Waals surface area contributed by atoms with Gasteiger partial charge < -0.3 is 9.47 Å². The molecule has 5 nitrogen and oxygen atoms in total. The number of rotatable bonds is 5. The van der Waals surface area contributed by atoms with Crippen LogP contribution in [0.25, 0.3) is 0 Å². The molecule has 0 saturated carbocycles. The highest BCUT2D eigenvalue weighted by Crippen LogP contribution is 2.45. The molecule has 2 aliphatic rings. The number of hydrogen-bond donors (Lipinski definition) is 0. The number of nitrogens with zero attached hydrogens (tertiary/aromatic N) is 1. The van der Waals surface area contributed by atoms with Crippen LogP contribution in [0.1, 0.15) is 37.7 Å². The molecule has 0 bridgehead atoms. The summed E-state index contributed by atoms with van der Waals surface area (Å²) in [6.07, 6.45) is 3.55. The first kappa shape index (κ1) is 18.1. The maximum atomic E-state index is 12.8. The summed E-state index contributed by atoms with van der Waals surface area (Å²) in [5.41, 5.74) is 2.91. The summed E-state index contributed by atoms with van der Waals surface area (Å²) in [5, 5.41) is 0. The Morgan fingerprint density at radius 2 is 2.12 bits per heavy atom. The number of carbonyl (C=O) groups excluding carboxylic acids is 2. The van der Waals surface area contributed by atoms with Gasteiger partial charge in [0, 0.05) is 34.9 Å². The molecule has 1 aromatic carbocycles. The average Bonchev–Trinajstić information content (AvgIpc) is 2.65. The summed E-state index contributed by atoms with van der Waals surface area (Å²) < 4.78 is 10.8. The number of para-hydroxylation sites is 1. The Balaban J connectivity index is 2.16. The molecule has 136 valence electrons. The smallest absolute Gasteiger partial charge is 0.315 e. The number of methoxy groups -OCH3 is 1. The van der Waals surface area contributed by atoms with Gasteiger partial charge in [0.15, 0.2) is 5.78 Å². The number of hydrogen-bond acceptors (Lipinski definition) is 5. The number of aliphatic imine (C=N–C) groups is 1. The van der Waals surface area contributed by atoms with Crippen LogP contribution in [0.4, 0.5) is 0 Å². The molecule has 5 heteroatoms. The molecule has 0 saturated heterocycles. The standard InChI is InChI=1S/C21H23NO4/c1-4-12-26-21(24)18-13(2)22-15-9-7-10-16(23)20(15)19(18)14-8-5-6-11-17(14)25-3/h4-6,8,11,18-19H,1,7,9-10,12H2,2-3H3/t18?,19-/m0/s1. The quantitative estimate of drug-likeness (QED) is 0.599. The molecule has 0 aromatic heterocycles. The van der Waals surface area contributed by atoms with Crippen molar-refractivity contribution in [3.63, 3.8) is 0 Å². The van der Waals surface area contributed by atoms with E-state index in [1.807, 2.05) is 31.2 Å². The summed E-state index contributed by atoms with van der Waals surface area (Å²) in [4.78, 5) is 30.2. The van der Waals surface area contributed by atoms with Crippen LogP contribution in [-0.4, -0.2) is 31.2 Å². The molecule has 26 heavy (non-hydrogen) atoms. The first-order valence-electron chi connectivity index (χ1n) is 8.80. The fourth-order valence-electron chi connectivity index (χ4n) is 3.80. The lowest BCUT2D eigenvalue weighted by Gasteiger charge is -2.34. The first-order chi connectivity index (χ1) is 12.6. The van der Waals surface area contributed by atoms with Crippen molar-refractivity contribution in [1.82, 2.24) is 0 Å². The monoisotopic (exact) mass is 353 g/mol. The molecule has 1 aliphatic heterocycles. The zero-order chi connectivity index (χ0) is 18.7. The van der Waals surface area contributed by atoms with Crippen molar-refractivity contribution in [3.8, 4) is 5.75 Å². The Kier molecular flexibility index (Phi) is 5.35. The van der Waals surface area contributed by atoms with E-state index in [1.165, 1.54) is 6.08 Å². The summed E-state index contributed by atoms with van der Waals surface area (Å²) in [6, 6.07) is 7.51. The normalized spacial score (nSPS) is 22.4. The third kappa shape index (κ3) is 3.21. The topological polar surface area (TPSA) is 65.0 Å². The molecule has 3 rings (SSSR count). The molecule has 0 N–H and O–H groups in total. The van der Waals surface area contributed by atoms with Crippen molar-refractivity contribution in [2.24, 2.45) is 10.9 Å². The molecule has 1 heterocycles. The third-order valence-corrected chi connectivity index (χ3v) is 4.91. The van der Waals surface area contributed by atoms with E-state index >= 15 is 0 Å². The van der Waals surface area contributed by atoms with Crippen LogP contribution in [-0.2, 0) is 14.3 Å². The van der Waals surface area contributed by atoms with Gasteiger partial charge in [-0.05, 0) is 25.8 Å². The minimum atomic E-state index is -0.646. The molecule has 1 aromatic rings. The minimum Gasteiger partial charge on any atom is -0.496 e. The highest BCUT2D eigenvalue weighted by atomic mass is 16.5. The van der Waals surface area contributed by atoms with Gasteiger partial charge in [0.25, 0.3) is 0 Å². The Labute approximate surface area is 153 Å². The highest BCUT2D eigenvalue weighted by molar-refractivity contribution is 6.09. The van der Waals surface area contributed by atoms with Crippen molar-refractivity contribution in [3.05, 3.63) is 53.8 Å². The molecule has 0 spiro atoms. The van der Waals surface area contributed by atoms with Crippen LogP contribution in [0.15, 0.2) is 53.2 Å². The zero-order valence-electron chi connectivity index (χ0n) is 15.2. The summed E-state index contributed by atoms with van der Waals surface area (Å²) in [7, 11) is 1.59. The van der Waals surface area contributed by atoms with Crippen molar-refractivity contribution in [2.75, 3.05) is 13.7 Å². The second kappa shape index (κ2) is 7.68. The summed E-state index contributed by atoms with van der Waals surface area (Å²) in [5.74, 6) is -0.776. The van der Waals surface area contributed by atoms with E-state index in [2.05, 4.69) is 11.6 Å². The Morgan fingerprint density at radius 1 is 1.35 bits per heavy atom. The second-order valence-corrected chi connectivity index (χ2v) is 6.51. The number of benzene rings is 1. The van der Waals surface area contributed by atoms with E-state index in [9.17, 15) is 9.59 Å². The Hall–Kier alpha value is -2.69. The zero-order valence-corrected chi connectivity index (χ0v) is 15.2. The van der Waals surface area contributed by atoms with E-state index in [-0.39, 0.29) is 12.4 Å². The van der Waals surface area contributed by atoms with Crippen LogP contribution in [0.5, 0.6) is 5.75 Å². The molecule has 0 fully saturated rings. The van der Waals surface area contributed by atoms with Gasteiger partial charge in [-0.2, -0.15) is 0 Å². The van der Waals surface area contributed by atoms with E-state index in [4.69, 9.17) is 9.47 Å². The number of ether oxygens (including phenoxy) is 2. The molecular weight excluding hydrogens is 330 g/mol. The van der Waals surface area contributed by atoms with Crippen molar-refractivity contribution >= 4 is 17.5 Å². The van der Waals surface area contributed by atoms with Gasteiger partial charge in [0.1, 0.15) is 18.3 Å². The number of allylic oxidation sites excluding steroid dienone is 2. The van der Waals surface area contributed by atoms with Gasteiger partial charge in [-0.15, -0.1) is 0 Å². The van der Waals surface area contributed by atoms with E-state index in [0.29, 0.717) is 23.5 Å². The van der Waals surface area contributed by atoms with Crippen LogP contribution >= 0.6 is 0 Å². The molecule has 2 atom stereocenters. The number of Topliss-reactive ketones (excluding diaryl/α,β-unsaturated/α-hetero) is 1. The summed E-state index contributed by atoms with van der Waals surface area (Å²) >= 11 is 0. The average molecular weight is 353 g/mol. The summed E-state index contributed by atoms with van der Waals surface area (Å²) in [6.45, 7) is 5.54. The molecular formula is C21H23NO4. The highest BCUT2D eigenvalue weighted by Gasteiger charge is 2.44. The lowest BCUT2D eigenvalue weighted by molar-refractivity contribution is -0.145. The maximum absolute atomic E-state index is 12.8. The van der Waals surface area contributed by atoms with Gasteiger partial charge in [-0.25, -0.2) is 0 Å². The van der Waals surface area contributed by atoms with Crippen molar-refractivity contribution < 1.29 is 19.1 Å². The van der Waals surface area contributed by atoms with Crippen LogP contribution < -0.4 is 4.74 Å². The van der Waals surface area contributed by atoms with Gasteiger partial charge in [-0.3, -0.25) is 14.6 Å². The van der Waals surface area contributed by atoms with E-state index < -0.39 is 17.8 Å². The maximum Gasteiger partial charge on any atom is 0.315 e. The van der Waals surface area contributed by atoms with E-state index in [1.54, 1.807) is 7.11 Å². The van der Waals surface area contributed by atoms with Crippen molar-refractivity contribution in [1.29, 1.82) is 0 Å². The SMILES string of the molecule is C=CCOC(=O)C1C(C)=NC2=C(C(=O)CCC2)[C@H]1c1ccccc1OC. The lowest BCUT2D eigenvalue weighted by Crippen LogP contribution is -2.37. The predicted octanol–water partition coefficient (Wildman–Crippen LogP) is 3.61. The fourth-order valence-corrected chi connectivity index (χ4v) is 3.80. The number of carbonyl (C=O) groups is 2. The lowest BCUT2D eigenvalue weighted by atomic mass is 9.71. The number of esters is 1. The van der Waals surface area contributed by atoms with Crippen molar-refractivity contribution in [2.45, 2.75) is 32.1 Å². The first-order valence-corrected chi connectivity index (χ1v) is 8.80. The van der Waals surface area contributed by atoms with Gasteiger partial charge in [0.05, 0.1) is 7.11 Å². The fraction of sp³-hybridized carbons (Fsp3) is 0.381. The molecule has 1 aliphatic carbocycles. The van der Waals surface area contributed by atoms with E-state index in [0.717, 1.165) is 24.1 Å². The molecule has 0 amide bonds. The Morgan fingerprint density at radius 3 is 2.85 bits per heavy atom. The van der Waals surface area contributed by atoms with Gasteiger partial charge in [-0.1, -0.05) is 30.9 Å². The second-order valence-electron chi connectivity index (χ2n) is 6.51. The molecule has 0 radical (unpaired) electrons. The minimum absolute atomic E-state index is 0.0555. The largest absolute Gasteiger partial charge is 0.496 e.